The van der Waals surface area contributed by atoms with Crippen LogP contribution in [-0.4, -0.2) is 47.3 Å². The van der Waals surface area contributed by atoms with Crippen molar-refractivity contribution in [2.24, 2.45) is 17.8 Å². The number of anilines is 1. The van der Waals surface area contributed by atoms with Crippen LogP contribution in [0.2, 0.25) is 5.02 Å². The Bertz CT molecular complexity index is 1260. The zero-order chi connectivity index (χ0) is 28.0. The van der Waals surface area contributed by atoms with Crippen molar-refractivity contribution in [2.45, 2.75) is 51.0 Å². The maximum Gasteiger partial charge on any atom is 0.344 e. The average Bonchev–Trinajstić information content (AvgIpc) is 2.87. The van der Waals surface area contributed by atoms with Gasteiger partial charge < -0.3 is 18.9 Å². The van der Waals surface area contributed by atoms with Crippen LogP contribution in [0.3, 0.4) is 0 Å². The summed E-state index contributed by atoms with van der Waals surface area (Å²) in [5, 5.41) is 0.178. The van der Waals surface area contributed by atoms with E-state index in [1.165, 1.54) is 44.6 Å². The van der Waals surface area contributed by atoms with Gasteiger partial charge in [-0.05, 0) is 54.9 Å². The van der Waals surface area contributed by atoms with Crippen molar-refractivity contribution in [1.82, 2.24) is 0 Å². The summed E-state index contributed by atoms with van der Waals surface area (Å²) in [5.74, 6) is 0.119. The van der Waals surface area contributed by atoms with Crippen LogP contribution >= 0.6 is 11.6 Å². The molecule has 0 amide bonds. The lowest BCUT2D eigenvalue weighted by molar-refractivity contribution is -0.159. The van der Waals surface area contributed by atoms with E-state index in [4.69, 9.17) is 30.5 Å². The van der Waals surface area contributed by atoms with Gasteiger partial charge in [0.2, 0.25) is 0 Å². The highest BCUT2D eigenvalue weighted by Gasteiger charge is 2.33. The number of nitrogens with one attached hydrogen (secondary N) is 1. The Morgan fingerprint density at radius 2 is 1.79 bits per heavy atom. The summed E-state index contributed by atoms with van der Waals surface area (Å²) in [6.45, 7) is 5.78. The molecular formula is C27H34ClNO8S. The number of methoxy groups -OCH3 is 2. The summed E-state index contributed by atoms with van der Waals surface area (Å²) in [6.07, 6.45) is 2.64. The third-order valence-corrected chi connectivity index (χ3v) is 8.32. The fourth-order valence-electron chi connectivity index (χ4n) is 4.59. The van der Waals surface area contributed by atoms with E-state index >= 15 is 0 Å². The van der Waals surface area contributed by atoms with Crippen LogP contribution in [-0.2, 0) is 24.3 Å². The zero-order valence-corrected chi connectivity index (χ0v) is 23.7. The van der Waals surface area contributed by atoms with Gasteiger partial charge in [0.05, 0.1) is 35.4 Å². The molecule has 3 rings (SSSR count). The summed E-state index contributed by atoms with van der Waals surface area (Å²) in [4.78, 5) is 24.9. The highest BCUT2D eigenvalue weighted by molar-refractivity contribution is 7.92. The van der Waals surface area contributed by atoms with Gasteiger partial charge in [-0.3, -0.25) is 4.72 Å². The molecule has 11 heteroatoms. The van der Waals surface area contributed by atoms with Crippen molar-refractivity contribution >= 4 is 39.3 Å². The number of rotatable bonds is 10. The molecular weight excluding hydrogens is 534 g/mol. The number of carbonyl (C=O) groups is 2. The number of ether oxygens (including phenoxy) is 4. The molecule has 1 aliphatic carbocycles. The van der Waals surface area contributed by atoms with Gasteiger partial charge >= 0.3 is 11.9 Å². The monoisotopic (exact) mass is 567 g/mol. The highest BCUT2D eigenvalue weighted by atomic mass is 35.5. The van der Waals surface area contributed by atoms with Gasteiger partial charge in [0.1, 0.15) is 17.6 Å². The van der Waals surface area contributed by atoms with Gasteiger partial charge in [0.25, 0.3) is 10.0 Å². The normalized spacial score (nSPS) is 19.5. The Labute approximate surface area is 228 Å². The fourth-order valence-corrected chi connectivity index (χ4v) is 5.94. The molecule has 2 aromatic carbocycles. The Morgan fingerprint density at radius 3 is 2.45 bits per heavy atom. The molecule has 0 aromatic heterocycles. The lowest BCUT2D eigenvalue weighted by Gasteiger charge is -2.36. The first kappa shape index (κ1) is 29.6. The maximum atomic E-state index is 13.0. The van der Waals surface area contributed by atoms with Crippen LogP contribution in [0.25, 0.3) is 0 Å². The van der Waals surface area contributed by atoms with Crippen molar-refractivity contribution in [3.8, 4) is 11.5 Å². The van der Waals surface area contributed by atoms with Gasteiger partial charge in [0, 0.05) is 6.07 Å². The number of benzene rings is 2. The molecule has 208 valence electrons. The Kier molecular flexibility index (Phi) is 9.89. The van der Waals surface area contributed by atoms with Crippen molar-refractivity contribution in [3.05, 3.63) is 47.0 Å². The number of carbonyl (C=O) groups excluding carboxylic acids is 2. The smallest absolute Gasteiger partial charge is 0.344 e. The molecule has 38 heavy (non-hydrogen) atoms. The van der Waals surface area contributed by atoms with Crippen molar-refractivity contribution < 1.29 is 37.0 Å². The zero-order valence-electron chi connectivity index (χ0n) is 22.2. The van der Waals surface area contributed by atoms with Gasteiger partial charge in [-0.1, -0.05) is 44.9 Å². The van der Waals surface area contributed by atoms with Crippen LogP contribution in [0.1, 0.15) is 50.4 Å². The minimum Gasteiger partial charge on any atom is -0.495 e. The average molecular weight is 568 g/mol. The van der Waals surface area contributed by atoms with E-state index in [-0.39, 0.29) is 38.9 Å². The summed E-state index contributed by atoms with van der Waals surface area (Å²) in [7, 11) is -1.34. The molecule has 1 N–H and O–H groups in total. The molecule has 1 aliphatic rings. The highest BCUT2D eigenvalue weighted by Crippen LogP contribution is 2.37. The van der Waals surface area contributed by atoms with Gasteiger partial charge in [-0.25, -0.2) is 18.0 Å². The molecule has 9 nitrogen and oxygen atoms in total. The molecule has 0 spiro atoms. The third kappa shape index (κ3) is 7.32. The second-order valence-electron chi connectivity index (χ2n) is 9.75. The van der Waals surface area contributed by atoms with E-state index in [0.717, 1.165) is 25.3 Å². The van der Waals surface area contributed by atoms with Gasteiger partial charge in [-0.2, -0.15) is 0 Å². The Hall–Kier alpha value is -2.98. The van der Waals surface area contributed by atoms with Crippen LogP contribution in [0, 0.1) is 17.8 Å². The number of hydrogen-bond donors (Lipinski definition) is 1. The first-order valence-electron chi connectivity index (χ1n) is 12.4. The molecule has 0 heterocycles. The standard InChI is InChI=1S/C27H34ClNO8S/c1-16(2)20-10-9-17(3)11-23(20)37-26(30)15-36-27(31)18-7-6-8-19(12-18)38(32,33)29-22-13-21(28)24(34-4)14-25(22)35-5/h6-8,12-14,16-17,20,23,29H,9-11,15H2,1-5H3. The molecule has 0 radical (unpaired) electrons. The molecule has 0 aliphatic heterocycles. The van der Waals surface area contributed by atoms with E-state index in [1.807, 2.05) is 0 Å². The molecule has 3 unspecified atom stereocenters. The molecule has 0 bridgehead atoms. The number of halogens is 1. The number of esters is 2. The van der Waals surface area contributed by atoms with Crippen LogP contribution in [0.15, 0.2) is 41.3 Å². The van der Waals surface area contributed by atoms with Crippen LogP contribution in [0.5, 0.6) is 11.5 Å². The minimum atomic E-state index is -4.14. The van der Waals surface area contributed by atoms with Crippen molar-refractivity contribution in [2.75, 3.05) is 25.5 Å². The Morgan fingerprint density at radius 1 is 1.08 bits per heavy atom. The van der Waals surface area contributed by atoms with E-state index in [1.54, 1.807) is 0 Å². The molecule has 0 saturated heterocycles. The van der Waals surface area contributed by atoms with Crippen molar-refractivity contribution in [1.29, 1.82) is 0 Å². The largest absolute Gasteiger partial charge is 0.495 e. The lowest BCUT2D eigenvalue weighted by atomic mass is 9.75. The predicted octanol–water partition coefficient (Wildman–Crippen LogP) is 5.32. The summed E-state index contributed by atoms with van der Waals surface area (Å²) in [6, 6.07) is 8.09. The molecule has 1 saturated carbocycles. The summed E-state index contributed by atoms with van der Waals surface area (Å²) < 4.78 is 49.7. The third-order valence-electron chi connectivity index (χ3n) is 6.66. The second kappa shape index (κ2) is 12.7. The Balaban J connectivity index is 1.67. The SMILES string of the molecule is COc1cc(OC)c(NS(=O)(=O)c2cccc(C(=O)OCC(=O)OC3CC(C)CCC3C(C)C)c2)cc1Cl. The fraction of sp³-hybridized carbons (Fsp3) is 0.481. The van der Waals surface area contributed by atoms with Crippen LogP contribution in [0.4, 0.5) is 5.69 Å². The number of sulfonamides is 1. The second-order valence-corrected chi connectivity index (χ2v) is 11.8. The van der Waals surface area contributed by atoms with E-state index in [9.17, 15) is 18.0 Å². The maximum absolute atomic E-state index is 13.0. The van der Waals surface area contributed by atoms with Gasteiger partial charge in [-0.15, -0.1) is 0 Å². The summed E-state index contributed by atoms with van der Waals surface area (Å²) in [5.41, 5.74) is 0.0532. The van der Waals surface area contributed by atoms with Crippen LogP contribution < -0.4 is 14.2 Å². The topological polar surface area (TPSA) is 117 Å². The van der Waals surface area contributed by atoms with E-state index < -0.39 is 28.6 Å². The van der Waals surface area contributed by atoms with Crippen molar-refractivity contribution in [3.63, 3.8) is 0 Å². The number of hydrogen-bond acceptors (Lipinski definition) is 8. The quantitative estimate of drug-likeness (QED) is 0.383. The lowest BCUT2D eigenvalue weighted by Crippen LogP contribution is -2.36. The first-order valence-corrected chi connectivity index (χ1v) is 14.2. The van der Waals surface area contributed by atoms with E-state index in [0.29, 0.717) is 17.6 Å². The predicted molar refractivity (Wildman–Crippen MR) is 143 cm³/mol. The first-order chi connectivity index (χ1) is 17.9. The molecule has 1 fully saturated rings. The van der Waals surface area contributed by atoms with Gasteiger partial charge in [0.15, 0.2) is 6.61 Å². The van der Waals surface area contributed by atoms with E-state index in [2.05, 4.69) is 25.5 Å². The minimum absolute atomic E-state index is 0.0354. The molecule has 3 atom stereocenters. The summed E-state index contributed by atoms with van der Waals surface area (Å²) >= 11 is 6.14. The molecule has 2 aromatic rings.